The topological polar surface area (TPSA) is 58.0 Å². The number of H-pyrrole nitrogens is 1. The van der Waals surface area contributed by atoms with Gasteiger partial charge in [0.2, 0.25) is 0 Å². The maximum Gasteiger partial charge on any atom is 0.298 e. The molecule has 3 heterocycles. The minimum atomic E-state index is 0.468. The number of rotatable bonds is 2. The van der Waals surface area contributed by atoms with Gasteiger partial charge >= 0.3 is 0 Å². The molecule has 25 heavy (non-hydrogen) atoms. The molecule has 0 aliphatic carbocycles. The summed E-state index contributed by atoms with van der Waals surface area (Å²) in [5.74, 6) is 1.57. The van der Waals surface area contributed by atoms with Gasteiger partial charge in [0.1, 0.15) is 11.3 Å². The van der Waals surface area contributed by atoms with Crippen molar-refractivity contribution in [3.05, 3.63) is 53.9 Å². The fourth-order valence-electron chi connectivity index (χ4n) is 3.67. The average molecular weight is 332 g/mol. The summed E-state index contributed by atoms with van der Waals surface area (Å²) in [6.07, 6.45) is 2.11. The molecule has 1 aliphatic heterocycles. The molecule has 1 fully saturated rings. The molecule has 5 rings (SSSR count). The number of aromatic amines is 1. The number of nitrogens with one attached hydrogen (secondary N) is 1. The molecule has 0 radical (unpaired) electrons. The third-order valence-electron chi connectivity index (χ3n) is 5.09. The minimum absolute atomic E-state index is 0.468. The Balaban J connectivity index is 1.34. The van der Waals surface area contributed by atoms with Crippen molar-refractivity contribution >= 4 is 28.1 Å². The number of piperidine rings is 1. The highest BCUT2D eigenvalue weighted by molar-refractivity contribution is 5.76. The normalized spacial score (nSPS) is 16.1. The number of imidazole rings is 1. The minimum Gasteiger partial charge on any atom is -0.423 e. The Labute approximate surface area is 145 Å². The second-order valence-electron chi connectivity index (χ2n) is 6.87. The van der Waals surface area contributed by atoms with Gasteiger partial charge in [-0.2, -0.15) is 4.98 Å². The van der Waals surface area contributed by atoms with Crippen LogP contribution in [0.15, 0.2) is 46.9 Å². The third-order valence-corrected chi connectivity index (χ3v) is 5.09. The van der Waals surface area contributed by atoms with Crippen LogP contribution in [0.5, 0.6) is 0 Å². The van der Waals surface area contributed by atoms with Gasteiger partial charge in [-0.05, 0) is 49.6 Å². The highest BCUT2D eigenvalue weighted by Gasteiger charge is 2.25. The zero-order chi connectivity index (χ0) is 16.8. The van der Waals surface area contributed by atoms with Gasteiger partial charge in [-0.1, -0.05) is 18.2 Å². The standard InChI is InChI=1S/C20H20N4O/c1-13-6-7-18-17(12-13)23-20(25-18)24-10-8-14(9-11-24)19-21-15-4-2-3-5-16(15)22-19/h2-7,12,14H,8-11H2,1H3,(H,21,22). The van der Waals surface area contributed by atoms with E-state index in [1.807, 2.05) is 18.2 Å². The molecule has 0 atom stereocenters. The number of anilines is 1. The predicted molar refractivity (Wildman–Crippen MR) is 99.0 cm³/mol. The summed E-state index contributed by atoms with van der Waals surface area (Å²) in [7, 11) is 0. The largest absolute Gasteiger partial charge is 0.423 e. The molecule has 1 N–H and O–H groups in total. The zero-order valence-corrected chi connectivity index (χ0v) is 14.2. The first-order valence-corrected chi connectivity index (χ1v) is 8.83. The van der Waals surface area contributed by atoms with Crippen molar-refractivity contribution in [2.24, 2.45) is 0 Å². The molecule has 5 heteroatoms. The van der Waals surface area contributed by atoms with E-state index >= 15 is 0 Å². The summed E-state index contributed by atoms with van der Waals surface area (Å²) >= 11 is 0. The van der Waals surface area contributed by atoms with Gasteiger partial charge in [-0.15, -0.1) is 0 Å². The molecule has 1 saturated heterocycles. The van der Waals surface area contributed by atoms with E-state index in [1.165, 1.54) is 5.56 Å². The van der Waals surface area contributed by atoms with Gasteiger partial charge in [0.25, 0.3) is 6.01 Å². The second-order valence-corrected chi connectivity index (χ2v) is 6.87. The Bertz CT molecular complexity index is 1010. The molecule has 1 aliphatic rings. The Kier molecular flexibility index (Phi) is 3.26. The van der Waals surface area contributed by atoms with E-state index in [1.54, 1.807) is 0 Å². The molecule has 0 bridgehead atoms. The van der Waals surface area contributed by atoms with Gasteiger partial charge in [0.05, 0.1) is 11.0 Å². The highest BCUT2D eigenvalue weighted by atomic mass is 16.4. The number of nitrogens with zero attached hydrogens (tertiary/aromatic N) is 3. The van der Waals surface area contributed by atoms with Gasteiger partial charge in [0, 0.05) is 19.0 Å². The second kappa shape index (κ2) is 5.62. The lowest BCUT2D eigenvalue weighted by atomic mass is 9.96. The lowest BCUT2D eigenvalue weighted by Gasteiger charge is -2.29. The van der Waals surface area contributed by atoms with Crippen LogP contribution in [0.3, 0.4) is 0 Å². The zero-order valence-electron chi connectivity index (χ0n) is 14.2. The van der Waals surface area contributed by atoms with Crippen molar-refractivity contribution in [2.45, 2.75) is 25.7 Å². The molecule has 0 unspecified atom stereocenters. The maximum atomic E-state index is 5.94. The summed E-state index contributed by atoms with van der Waals surface area (Å²) in [5.41, 5.74) is 5.17. The Morgan fingerprint density at radius 3 is 2.72 bits per heavy atom. The van der Waals surface area contributed by atoms with E-state index in [9.17, 15) is 0 Å². The maximum absolute atomic E-state index is 5.94. The predicted octanol–water partition coefficient (Wildman–Crippen LogP) is 4.40. The van der Waals surface area contributed by atoms with Crippen LogP contribution in [0.2, 0.25) is 0 Å². The van der Waals surface area contributed by atoms with Crippen molar-refractivity contribution < 1.29 is 4.42 Å². The summed E-state index contributed by atoms with van der Waals surface area (Å²) < 4.78 is 5.94. The van der Waals surface area contributed by atoms with Crippen LogP contribution < -0.4 is 4.90 Å². The number of oxazole rings is 1. The Morgan fingerprint density at radius 1 is 1.04 bits per heavy atom. The van der Waals surface area contributed by atoms with Crippen LogP contribution in [-0.4, -0.2) is 28.0 Å². The fraction of sp³-hybridized carbons (Fsp3) is 0.300. The molecular formula is C20H20N4O. The van der Waals surface area contributed by atoms with Crippen molar-refractivity contribution in [3.63, 3.8) is 0 Å². The number of hydrogen-bond acceptors (Lipinski definition) is 4. The molecule has 126 valence electrons. The van der Waals surface area contributed by atoms with E-state index in [0.717, 1.165) is 59.9 Å². The van der Waals surface area contributed by atoms with Crippen LogP contribution in [0.1, 0.15) is 30.1 Å². The smallest absolute Gasteiger partial charge is 0.298 e. The molecule has 0 spiro atoms. The molecule has 2 aromatic heterocycles. The van der Waals surface area contributed by atoms with Gasteiger partial charge in [0.15, 0.2) is 5.58 Å². The molecule has 4 aromatic rings. The SMILES string of the molecule is Cc1ccc2oc(N3CCC(c4nc5ccccc5[nH]4)CC3)nc2c1. The first-order valence-electron chi connectivity index (χ1n) is 8.83. The molecular weight excluding hydrogens is 312 g/mol. The van der Waals surface area contributed by atoms with E-state index in [-0.39, 0.29) is 0 Å². The van der Waals surface area contributed by atoms with Gasteiger partial charge < -0.3 is 14.3 Å². The van der Waals surface area contributed by atoms with Gasteiger partial charge in [-0.3, -0.25) is 0 Å². The molecule has 2 aromatic carbocycles. The molecule has 5 nitrogen and oxygen atoms in total. The first-order chi connectivity index (χ1) is 12.3. The van der Waals surface area contributed by atoms with Crippen LogP contribution in [0.25, 0.3) is 22.1 Å². The van der Waals surface area contributed by atoms with Crippen molar-refractivity contribution in [1.29, 1.82) is 0 Å². The lowest BCUT2D eigenvalue weighted by Crippen LogP contribution is -2.33. The van der Waals surface area contributed by atoms with Crippen molar-refractivity contribution in [3.8, 4) is 0 Å². The number of fused-ring (bicyclic) bond motifs is 2. The molecule has 0 amide bonds. The number of aryl methyl sites for hydroxylation is 1. The average Bonchev–Trinajstić information content (AvgIpc) is 3.25. The molecule has 0 saturated carbocycles. The number of aromatic nitrogens is 3. The van der Waals surface area contributed by atoms with Crippen molar-refractivity contribution in [2.75, 3.05) is 18.0 Å². The van der Waals surface area contributed by atoms with Crippen LogP contribution >= 0.6 is 0 Å². The highest BCUT2D eigenvalue weighted by Crippen LogP contribution is 2.31. The van der Waals surface area contributed by atoms with Crippen molar-refractivity contribution in [1.82, 2.24) is 15.0 Å². The number of hydrogen-bond donors (Lipinski definition) is 1. The summed E-state index contributed by atoms with van der Waals surface area (Å²) in [6, 6.07) is 15.1. The monoisotopic (exact) mass is 332 g/mol. The van der Waals surface area contributed by atoms with E-state index in [4.69, 9.17) is 9.40 Å². The van der Waals surface area contributed by atoms with Crippen LogP contribution in [0.4, 0.5) is 6.01 Å². The number of para-hydroxylation sites is 2. The lowest BCUT2D eigenvalue weighted by molar-refractivity contribution is 0.457. The Morgan fingerprint density at radius 2 is 1.88 bits per heavy atom. The quantitative estimate of drug-likeness (QED) is 0.591. The fourth-order valence-corrected chi connectivity index (χ4v) is 3.67. The third kappa shape index (κ3) is 2.56. The van der Waals surface area contributed by atoms with E-state index in [0.29, 0.717) is 5.92 Å². The summed E-state index contributed by atoms with van der Waals surface area (Å²) in [5, 5.41) is 0. The van der Waals surface area contributed by atoms with E-state index in [2.05, 4.69) is 46.1 Å². The summed E-state index contributed by atoms with van der Waals surface area (Å²) in [4.78, 5) is 15.2. The Hall–Kier alpha value is -2.82. The van der Waals surface area contributed by atoms with E-state index < -0.39 is 0 Å². The number of benzene rings is 2. The van der Waals surface area contributed by atoms with Crippen LogP contribution in [0, 0.1) is 6.92 Å². The summed E-state index contributed by atoms with van der Waals surface area (Å²) in [6.45, 7) is 3.95. The first kappa shape index (κ1) is 14.5. The van der Waals surface area contributed by atoms with Crippen LogP contribution in [-0.2, 0) is 0 Å². The van der Waals surface area contributed by atoms with Gasteiger partial charge in [-0.25, -0.2) is 4.98 Å².